The molecule has 116 valence electrons. The number of pyridine rings is 1. The second kappa shape index (κ2) is 6.00. The first-order chi connectivity index (χ1) is 10.3. The Kier molecular flexibility index (Phi) is 4.30. The van der Waals surface area contributed by atoms with Crippen LogP contribution in [0.15, 0.2) is 36.5 Å². The lowest BCUT2D eigenvalue weighted by atomic mass is 10.0. The fourth-order valence-electron chi connectivity index (χ4n) is 1.76. The number of rotatable bonds is 2. The van der Waals surface area contributed by atoms with Gasteiger partial charge in [-0.1, -0.05) is 6.07 Å². The highest BCUT2D eigenvalue weighted by atomic mass is 19.4. The normalized spacial score (nSPS) is 11.1. The predicted octanol–water partition coefficient (Wildman–Crippen LogP) is 4.08. The van der Waals surface area contributed by atoms with E-state index in [1.807, 2.05) is 0 Å². The third kappa shape index (κ3) is 3.51. The summed E-state index contributed by atoms with van der Waals surface area (Å²) in [6.45, 7) is 0. The van der Waals surface area contributed by atoms with Gasteiger partial charge >= 0.3 is 12.3 Å². The maximum Gasteiger partial charge on any atom is 0.419 e. The van der Waals surface area contributed by atoms with E-state index in [1.165, 1.54) is 24.4 Å². The van der Waals surface area contributed by atoms with Crippen molar-refractivity contribution in [3.05, 3.63) is 47.9 Å². The first kappa shape index (κ1) is 15.7. The van der Waals surface area contributed by atoms with Gasteiger partial charge in [-0.15, -0.1) is 0 Å². The number of aromatic nitrogens is 1. The topological polar surface area (TPSA) is 51.2 Å². The molecule has 1 amide bonds. The molecule has 0 spiro atoms. The molecule has 4 nitrogen and oxygen atoms in total. The maximum absolute atomic E-state index is 13.3. The number of halogens is 4. The maximum atomic E-state index is 13.3. The van der Waals surface area contributed by atoms with Gasteiger partial charge in [-0.25, -0.2) is 14.2 Å². The third-order valence-corrected chi connectivity index (χ3v) is 2.78. The van der Waals surface area contributed by atoms with E-state index in [0.717, 1.165) is 13.2 Å². The predicted molar refractivity (Wildman–Crippen MR) is 70.7 cm³/mol. The van der Waals surface area contributed by atoms with Gasteiger partial charge in [0.15, 0.2) is 0 Å². The Bertz CT molecular complexity index is 701. The number of hydrogen-bond acceptors (Lipinski definition) is 3. The molecular weight excluding hydrogens is 304 g/mol. The highest BCUT2D eigenvalue weighted by Gasteiger charge is 2.34. The molecule has 0 radical (unpaired) electrons. The van der Waals surface area contributed by atoms with Gasteiger partial charge in [-0.3, -0.25) is 5.32 Å². The summed E-state index contributed by atoms with van der Waals surface area (Å²) in [4.78, 5) is 14.9. The number of alkyl halides is 3. The Morgan fingerprint density at radius 2 is 1.86 bits per heavy atom. The van der Waals surface area contributed by atoms with Crippen LogP contribution < -0.4 is 5.32 Å². The quantitative estimate of drug-likeness (QED) is 0.850. The monoisotopic (exact) mass is 314 g/mol. The minimum absolute atomic E-state index is 0.0993. The van der Waals surface area contributed by atoms with Gasteiger partial charge in [0.1, 0.15) is 11.6 Å². The summed E-state index contributed by atoms with van der Waals surface area (Å²) in [5, 5.41) is 2.29. The van der Waals surface area contributed by atoms with Crippen molar-refractivity contribution < 1.29 is 27.1 Å². The molecule has 0 saturated heterocycles. The van der Waals surface area contributed by atoms with E-state index < -0.39 is 23.7 Å². The molecule has 0 atom stereocenters. The SMILES string of the molecule is COC(=O)Nc1cc(-c2ccc(F)c(C(F)(F)F)c2)ccn1. The van der Waals surface area contributed by atoms with Crippen molar-refractivity contribution in [3.8, 4) is 11.1 Å². The smallest absolute Gasteiger partial charge is 0.419 e. The van der Waals surface area contributed by atoms with Crippen LogP contribution in [0.4, 0.5) is 28.2 Å². The molecule has 22 heavy (non-hydrogen) atoms. The van der Waals surface area contributed by atoms with Crippen molar-refractivity contribution >= 4 is 11.9 Å². The minimum atomic E-state index is -4.79. The van der Waals surface area contributed by atoms with Crippen molar-refractivity contribution in [1.82, 2.24) is 4.98 Å². The number of amides is 1. The molecule has 0 bridgehead atoms. The lowest BCUT2D eigenvalue weighted by molar-refractivity contribution is -0.139. The summed E-state index contributed by atoms with van der Waals surface area (Å²) in [6.07, 6.45) is -4.25. The zero-order chi connectivity index (χ0) is 16.3. The van der Waals surface area contributed by atoms with E-state index in [0.29, 0.717) is 11.6 Å². The van der Waals surface area contributed by atoms with Crippen molar-refractivity contribution in [2.75, 3.05) is 12.4 Å². The van der Waals surface area contributed by atoms with Crippen LogP contribution in [0, 0.1) is 5.82 Å². The van der Waals surface area contributed by atoms with Gasteiger partial charge in [0, 0.05) is 6.20 Å². The lowest BCUT2D eigenvalue weighted by Gasteiger charge is -2.11. The molecule has 1 N–H and O–H groups in total. The van der Waals surface area contributed by atoms with Crippen LogP contribution in [0.1, 0.15) is 5.56 Å². The van der Waals surface area contributed by atoms with Crippen molar-refractivity contribution in [2.24, 2.45) is 0 Å². The Morgan fingerprint density at radius 1 is 1.18 bits per heavy atom. The molecule has 1 heterocycles. The van der Waals surface area contributed by atoms with Crippen LogP contribution in [0.3, 0.4) is 0 Å². The molecule has 0 aliphatic carbocycles. The standard InChI is InChI=1S/C14H10F4N2O2/c1-22-13(21)20-12-7-9(4-5-19-12)8-2-3-11(15)10(6-8)14(16,17)18/h2-7H,1H3,(H,19,20,21). The van der Waals surface area contributed by atoms with E-state index in [4.69, 9.17) is 0 Å². The summed E-state index contributed by atoms with van der Waals surface area (Å²) in [6, 6.07) is 5.45. The number of benzene rings is 1. The van der Waals surface area contributed by atoms with Crippen molar-refractivity contribution in [2.45, 2.75) is 6.18 Å². The fraction of sp³-hybridized carbons (Fsp3) is 0.143. The van der Waals surface area contributed by atoms with E-state index in [9.17, 15) is 22.4 Å². The van der Waals surface area contributed by atoms with Gasteiger partial charge in [0.25, 0.3) is 0 Å². The van der Waals surface area contributed by atoms with Crippen LogP contribution in [-0.4, -0.2) is 18.2 Å². The number of hydrogen-bond donors (Lipinski definition) is 1. The van der Waals surface area contributed by atoms with Crippen LogP contribution in [0.25, 0.3) is 11.1 Å². The molecule has 0 aliphatic heterocycles. The van der Waals surface area contributed by atoms with Crippen LogP contribution >= 0.6 is 0 Å². The van der Waals surface area contributed by atoms with Crippen LogP contribution in [-0.2, 0) is 10.9 Å². The van der Waals surface area contributed by atoms with Gasteiger partial charge < -0.3 is 4.74 Å². The Labute approximate surface area is 122 Å². The Hall–Kier alpha value is -2.64. The first-order valence-corrected chi connectivity index (χ1v) is 5.99. The molecule has 8 heteroatoms. The summed E-state index contributed by atoms with van der Waals surface area (Å²) in [5.41, 5.74) is -0.875. The molecular formula is C14H10F4N2O2. The highest BCUT2D eigenvalue weighted by molar-refractivity contribution is 5.84. The number of carbonyl (C=O) groups excluding carboxylic acids is 1. The summed E-state index contributed by atoms with van der Waals surface area (Å²) < 4.78 is 55.8. The number of ether oxygens (including phenoxy) is 1. The second-order valence-electron chi connectivity index (χ2n) is 4.24. The number of carbonyl (C=O) groups is 1. The lowest BCUT2D eigenvalue weighted by Crippen LogP contribution is -2.12. The Morgan fingerprint density at radius 3 is 2.50 bits per heavy atom. The Balaban J connectivity index is 2.40. The van der Waals surface area contributed by atoms with Gasteiger partial charge in [0.2, 0.25) is 0 Å². The molecule has 1 aromatic carbocycles. The van der Waals surface area contributed by atoms with Gasteiger partial charge in [0.05, 0.1) is 12.7 Å². The summed E-state index contributed by atoms with van der Waals surface area (Å²) >= 11 is 0. The molecule has 2 aromatic rings. The molecule has 0 saturated carbocycles. The van der Waals surface area contributed by atoms with E-state index >= 15 is 0 Å². The zero-order valence-electron chi connectivity index (χ0n) is 11.2. The number of nitrogens with zero attached hydrogens (tertiary/aromatic N) is 1. The number of methoxy groups -OCH3 is 1. The molecule has 1 aromatic heterocycles. The fourth-order valence-corrected chi connectivity index (χ4v) is 1.76. The molecule has 0 aliphatic rings. The van der Waals surface area contributed by atoms with E-state index in [1.54, 1.807) is 0 Å². The average molecular weight is 314 g/mol. The summed E-state index contributed by atoms with van der Waals surface area (Å²) in [7, 11) is 1.16. The average Bonchev–Trinajstić information content (AvgIpc) is 2.46. The van der Waals surface area contributed by atoms with E-state index in [-0.39, 0.29) is 11.4 Å². The highest BCUT2D eigenvalue weighted by Crippen LogP contribution is 2.34. The second-order valence-corrected chi connectivity index (χ2v) is 4.24. The van der Waals surface area contributed by atoms with Crippen molar-refractivity contribution in [3.63, 3.8) is 0 Å². The minimum Gasteiger partial charge on any atom is -0.453 e. The van der Waals surface area contributed by atoms with Crippen LogP contribution in [0.5, 0.6) is 0 Å². The van der Waals surface area contributed by atoms with E-state index in [2.05, 4.69) is 15.0 Å². The van der Waals surface area contributed by atoms with Gasteiger partial charge in [-0.2, -0.15) is 13.2 Å². The van der Waals surface area contributed by atoms with Crippen molar-refractivity contribution in [1.29, 1.82) is 0 Å². The number of anilines is 1. The van der Waals surface area contributed by atoms with Gasteiger partial charge in [-0.05, 0) is 35.4 Å². The number of nitrogens with one attached hydrogen (secondary N) is 1. The van der Waals surface area contributed by atoms with Crippen LogP contribution in [0.2, 0.25) is 0 Å². The largest absolute Gasteiger partial charge is 0.453 e. The molecule has 0 fully saturated rings. The molecule has 2 rings (SSSR count). The summed E-state index contributed by atoms with van der Waals surface area (Å²) in [5.74, 6) is -1.25. The first-order valence-electron chi connectivity index (χ1n) is 5.99. The third-order valence-electron chi connectivity index (χ3n) is 2.78. The molecule has 0 unspecified atom stereocenters. The zero-order valence-corrected chi connectivity index (χ0v) is 11.2.